The monoisotopic (exact) mass is 424 g/mol. The molecule has 1 saturated heterocycles. The van der Waals surface area contributed by atoms with E-state index in [1.54, 1.807) is 4.68 Å². The van der Waals surface area contributed by atoms with Crippen LogP contribution in [0.3, 0.4) is 0 Å². The summed E-state index contributed by atoms with van der Waals surface area (Å²) < 4.78 is 21.7. The van der Waals surface area contributed by atoms with Crippen molar-refractivity contribution in [2.45, 2.75) is 57.7 Å². The quantitative estimate of drug-likeness (QED) is 0.435. The standard InChI is InChI=1S/C18H25FN6O5/c1-9-5-10(2)25(23-9)4-3-14(26)21-12-8-30-13(16(28)15(12)27)7-24-6-11(19)17(20)22-18(24)29/h5-6,12-13,15-16,27-28H,3-4,7-8H2,1-2H3,(H,21,26)(H2,20,22,29)/t12-,13-,15+,16-/m1/s1. The van der Waals surface area contributed by atoms with Gasteiger partial charge in [-0.05, 0) is 19.9 Å². The fraction of sp³-hybridized carbons (Fsp3) is 0.556. The van der Waals surface area contributed by atoms with Crippen molar-refractivity contribution in [3.63, 3.8) is 0 Å². The molecule has 0 saturated carbocycles. The third-order valence-corrected chi connectivity index (χ3v) is 4.99. The number of nitrogens with two attached hydrogens (primary N) is 1. The fourth-order valence-corrected chi connectivity index (χ4v) is 3.36. The molecule has 1 aliphatic heterocycles. The maximum absolute atomic E-state index is 13.6. The first-order chi connectivity index (χ1) is 14.2. The minimum atomic E-state index is -1.41. The average molecular weight is 424 g/mol. The zero-order valence-electron chi connectivity index (χ0n) is 16.7. The van der Waals surface area contributed by atoms with Gasteiger partial charge < -0.3 is 26.0 Å². The van der Waals surface area contributed by atoms with Crippen molar-refractivity contribution < 1.29 is 24.1 Å². The number of halogens is 1. The molecule has 2 aromatic rings. The Morgan fingerprint density at radius 2 is 2.13 bits per heavy atom. The number of carbonyl (C=O) groups is 1. The molecule has 164 valence electrons. The van der Waals surface area contributed by atoms with Crippen molar-refractivity contribution in [3.8, 4) is 0 Å². The van der Waals surface area contributed by atoms with Crippen LogP contribution in [0.4, 0.5) is 10.2 Å². The van der Waals surface area contributed by atoms with Crippen molar-refractivity contribution in [3.05, 3.63) is 40.0 Å². The number of carbonyl (C=O) groups excluding carboxylic acids is 1. The van der Waals surface area contributed by atoms with Gasteiger partial charge in [0.1, 0.15) is 18.3 Å². The molecule has 0 bridgehead atoms. The van der Waals surface area contributed by atoms with Crippen LogP contribution < -0.4 is 16.7 Å². The van der Waals surface area contributed by atoms with Gasteiger partial charge in [0, 0.05) is 24.9 Å². The largest absolute Gasteiger partial charge is 0.388 e. The number of nitrogens with one attached hydrogen (secondary N) is 1. The second-order valence-corrected chi connectivity index (χ2v) is 7.34. The summed E-state index contributed by atoms with van der Waals surface area (Å²) in [5.74, 6) is -1.74. The number of aliphatic hydroxyl groups excluding tert-OH is 2. The van der Waals surface area contributed by atoms with Crippen LogP contribution in [-0.2, 0) is 22.6 Å². The zero-order chi connectivity index (χ0) is 22.0. The van der Waals surface area contributed by atoms with E-state index in [9.17, 15) is 24.2 Å². The number of hydrogen-bond donors (Lipinski definition) is 4. The minimum Gasteiger partial charge on any atom is -0.388 e. The van der Waals surface area contributed by atoms with Crippen molar-refractivity contribution >= 4 is 11.7 Å². The second-order valence-electron chi connectivity index (χ2n) is 7.34. The first-order valence-corrected chi connectivity index (χ1v) is 9.46. The number of aryl methyl sites for hydroxylation is 3. The minimum absolute atomic E-state index is 0.0891. The van der Waals surface area contributed by atoms with Crippen LogP contribution in [0.2, 0.25) is 0 Å². The molecular weight excluding hydrogens is 399 g/mol. The van der Waals surface area contributed by atoms with E-state index in [0.29, 0.717) is 6.54 Å². The first-order valence-electron chi connectivity index (χ1n) is 9.46. The number of ether oxygens (including phenoxy) is 1. The highest BCUT2D eigenvalue weighted by molar-refractivity contribution is 5.76. The lowest BCUT2D eigenvalue weighted by Gasteiger charge is -2.38. The Labute approximate surface area is 171 Å². The number of rotatable bonds is 6. The Morgan fingerprint density at radius 3 is 2.80 bits per heavy atom. The molecule has 3 rings (SSSR count). The lowest BCUT2D eigenvalue weighted by molar-refractivity contribution is -0.158. The highest BCUT2D eigenvalue weighted by Crippen LogP contribution is 2.17. The summed E-state index contributed by atoms with van der Waals surface area (Å²) in [6, 6.07) is 1.07. The first kappa shape index (κ1) is 21.9. The number of amides is 1. The third kappa shape index (κ3) is 4.83. The molecule has 3 heterocycles. The van der Waals surface area contributed by atoms with Gasteiger partial charge in [-0.2, -0.15) is 10.1 Å². The van der Waals surface area contributed by atoms with Crippen LogP contribution in [0, 0.1) is 19.7 Å². The van der Waals surface area contributed by atoms with Crippen LogP contribution in [0.5, 0.6) is 0 Å². The Bertz CT molecular complexity index is 976. The van der Waals surface area contributed by atoms with E-state index in [0.717, 1.165) is 22.2 Å². The van der Waals surface area contributed by atoms with Gasteiger partial charge in [0.2, 0.25) is 5.91 Å². The van der Waals surface area contributed by atoms with E-state index < -0.39 is 41.7 Å². The normalized spacial score (nSPS) is 24.0. The highest BCUT2D eigenvalue weighted by Gasteiger charge is 2.39. The Balaban J connectivity index is 1.55. The molecule has 4 atom stereocenters. The summed E-state index contributed by atoms with van der Waals surface area (Å²) in [5, 5.41) is 27.6. The number of aliphatic hydroxyl groups is 2. The maximum atomic E-state index is 13.6. The Kier molecular flexibility index (Phi) is 6.48. The molecule has 5 N–H and O–H groups in total. The van der Waals surface area contributed by atoms with Crippen molar-refractivity contribution in [2.75, 3.05) is 12.3 Å². The van der Waals surface area contributed by atoms with E-state index in [-0.39, 0.29) is 25.5 Å². The van der Waals surface area contributed by atoms with Gasteiger partial charge in [0.05, 0.1) is 24.9 Å². The van der Waals surface area contributed by atoms with Crippen molar-refractivity contribution in [2.24, 2.45) is 0 Å². The smallest absolute Gasteiger partial charge is 0.349 e. The summed E-state index contributed by atoms with van der Waals surface area (Å²) in [7, 11) is 0. The van der Waals surface area contributed by atoms with E-state index in [4.69, 9.17) is 10.5 Å². The summed E-state index contributed by atoms with van der Waals surface area (Å²) in [6.45, 7) is 3.80. The molecule has 1 aliphatic rings. The molecule has 12 heteroatoms. The maximum Gasteiger partial charge on any atom is 0.349 e. The van der Waals surface area contributed by atoms with E-state index in [1.807, 2.05) is 19.9 Å². The van der Waals surface area contributed by atoms with Gasteiger partial charge in [-0.25, -0.2) is 9.18 Å². The van der Waals surface area contributed by atoms with Crippen molar-refractivity contribution in [1.82, 2.24) is 24.6 Å². The van der Waals surface area contributed by atoms with Gasteiger partial charge >= 0.3 is 5.69 Å². The molecule has 11 nitrogen and oxygen atoms in total. The van der Waals surface area contributed by atoms with Gasteiger partial charge in [-0.15, -0.1) is 0 Å². The van der Waals surface area contributed by atoms with Gasteiger partial charge in [-0.1, -0.05) is 0 Å². The number of aromatic nitrogens is 4. The van der Waals surface area contributed by atoms with E-state index in [2.05, 4.69) is 15.4 Å². The Hall–Kier alpha value is -2.83. The molecule has 0 radical (unpaired) electrons. The number of hydrogen-bond acceptors (Lipinski definition) is 8. The van der Waals surface area contributed by atoms with Gasteiger partial charge in [0.25, 0.3) is 0 Å². The molecular formula is C18H25FN6O5. The molecule has 0 spiro atoms. The third-order valence-electron chi connectivity index (χ3n) is 4.99. The Morgan fingerprint density at radius 1 is 1.40 bits per heavy atom. The summed E-state index contributed by atoms with van der Waals surface area (Å²) >= 11 is 0. The molecule has 30 heavy (non-hydrogen) atoms. The highest BCUT2D eigenvalue weighted by atomic mass is 19.1. The molecule has 1 fully saturated rings. The number of nitrogens with zero attached hydrogens (tertiary/aromatic N) is 4. The van der Waals surface area contributed by atoms with Crippen LogP contribution in [0.25, 0.3) is 0 Å². The van der Waals surface area contributed by atoms with E-state index in [1.165, 1.54) is 0 Å². The number of nitrogen functional groups attached to an aromatic ring is 1. The summed E-state index contributed by atoms with van der Waals surface area (Å²) in [6.07, 6.45) is -2.74. The summed E-state index contributed by atoms with van der Waals surface area (Å²) in [4.78, 5) is 27.4. The molecule has 2 aromatic heterocycles. The average Bonchev–Trinajstić information content (AvgIpc) is 3.01. The van der Waals surface area contributed by atoms with Crippen LogP contribution >= 0.6 is 0 Å². The number of anilines is 1. The molecule has 0 aliphatic carbocycles. The topological polar surface area (TPSA) is 158 Å². The molecule has 0 unspecified atom stereocenters. The van der Waals surface area contributed by atoms with Gasteiger partial charge in [-0.3, -0.25) is 14.0 Å². The predicted octanol–water partition coefficient (Wildman–Crippen LogP) is -1.53. The predicted molar refractivity (Wildman–Crippen MR) is 103 cm³/mol. The van der Waals surface area contributed by atoms with E-state index >= 15 is 0 Å². The SMILES string of the molecule is Cc1cc(C)n(CCC(=O)N[C@@H]2CO[C@H](Cn3cc(F)c(N)nc3=O)[C@@H](O)[C@H]2O)n1. The van der Waals surface area contributed by atoms with Crippen LogP contribution in [0.15, 0.2) is 17.1 Å². The molecule has 0 aromatic carbocycles. The van der Waals surface area contributed by atoms with Crippen LogP contribution in [0.1, 0.15) is 17.8 Å². The second kappa shape index (κ2) is 8.90. The van der Waals surface area contributed by atoms with Gasteiger partial charge in [0.15, 0.2) is 11.6 Å². The molecule has 1 amide bonds. The van der Waals surface area contributed by atoms with Crippen molar-refractivity contribution in [1.29, 1.82) is 0 Å². The lowest BCUT2D eigenvalue weighted by atomic mass is 9.97. The zero-order valence-corrected chi connectivity index (χ0v) is 16.7. The van der Waals surface area contributed by atoms with Crippen LogP contribution in [-0.4, -0.2) is 66.4 Å². The fourth-order valence-electron chi connectivity index (χ4n) is 3.36. The lowest BCUT2D eigenvalue weighted by Crippen LogP contribution is -2.60. The summed E-state index contributed by atoms with van der Waals surface area (Å²) in [5.41, 5.74) is 6.22.